The molecule has 10 heteroatoms. The van der Waals surface area contributed by atoms with Crippen molar-refractivity contribution in [2.45, 2.75) is 51.9 Å². The molecule has 200 valence electrons. The highest BCUT2D eigenvalue weighted by Gasteiger charge is 2.14. The first-order valence-electron chi connectivity index (χ1n) is 11.7. The number of aliphatic carboxylic acids is 1. The first-order valence-corrected chi connectivity index (χ1v) is 16.0. The number of ether oxygens (including phenoxy) is 3. The van der Waals surface area contributed by atoms with Crippen LogP contribution in [0.3, 0.4) is 0 Å². The summed E-state index contributed by atoms with van der Waals surface area (Å²) in [5, 5.41) is 9.48. The van der Waals surface area contributed by atoms with Gasteiger partial charge < -0.3 is 19.3 Å². The summed E-state index contributed by atoms with van der Waals surface area (Å²) in [6.07, 6.45) is 11.4. The molecular weight excluding hydrogens is 615 g/mol. The zero-order chi connectivity index (χ0) is 26.8. The molecule has 0 fully saturated rings. The highest BCUT2D eigenvalue weighted by Crippen LogP contribution is 2.36. The first kappa shape index (κ1) is 32.2. The number of Topliss-reactive ketones (excluding diaryl/α,β-unsaturated/α-hetero) is 1. The second kappa shape index (κ2) is 19.3. The molecule has 0 radical (unpaired) electrons. The largest absolute Gasteiger partial charge is 0.493 e. The molecule has 1 aromatic carbocycles. The van der Waals surface area contributed by atoms with Gasteiger partial charge in [-0.25, -0.2) is 0 Å². The minimum Gasteiger partial charge on any atom is -0.493 e. The molecule has 1 aliphatic carbocycles. The summed E-state index contributed by atoms with van der Waals surface area (Å²) in [5.74, 6) is 1.91. The summed E-state index contributed by atoms with van der Waals surface area (Å²) in [4.78, 5) is 32.4. The van der Waals surface area contributed by atoms with Crippen LogP contribution in [0.1, 0.15) is 61.5 Å². The van der Waals surface area contributed by atoms with E-state index < -0.39 is 5.97 Å². The average molecular weight is 651 g/mol. The number of ketones is 1. The second-order valence-corrected chi connectivity index (χ2v) is 11.6. The van der Waals surface area contributed by atoms with Gasteiger partial charge in [0.05, 0.1) is 25.5 Å². The number of fused-ring (bicyclic) bond motifs is 1. The van der Waals surface area contributed by atoms with E-state index in [9.17, 15) is 14.4 Å². The molecule has 0 saturated carbocycles. The number of rotatable bonds is 10. The van der Waals surface area contributed by atoms with Crippen molar-refractivity contribution in [3.63, 3.8) is 0 Å². The van der Waals surface area contributed by atoms with Crippen LogP contribution in [0.5, 0.6) is 11.5 Å². The van der Waals surface area contributed by atoms with Crippen LogP contribution in [0.4, 0.5) is 0 Å². The number of carboxylic acids is 1. The number of methoxy groups -OCH3 is 2. The summed E-state index contributed by atoms with van der Waals surface area (Å²) in [6.45, 7) is 3.35. The lowest BCUT2D eigenvalue weighted by Gasteiger charge is -2.10. The molecule has 36 heavy (non-hydrogen) atoms. The Balaban J connectivity index is 0.000000333. The fraction of sp³-hybridized carbons (Fsp3) is 0.500. The standard InChI is InChI=1S/C14H14O5S.C9H16.C3H5IO2S/c1-18-10-5-8-6-13(9(15)3-4-14(16)17)20-12(8)7-11(10)19-2;1-9-7-5-3-2-4-6-8-9;4-7-2-1-6-3-5/h5-7H,3-4H2,1-2H3,(H,16,17);2-3,9H,4-8H2,1H3;3H,1-2H2/b;3-2+;. The van der Waals surface area contributed by atoms with Gasteiger partial charge in [0.1, 0.15) is 6.61 Å². The lowest BCUT2D eigenvalue weighted by atomic mass is 9.96. The van der Waals surface area contributed by atoms with Gasteiger partial charge in [0, 0.05) is 22.9 Å². The Hall–Kier alpha value is -1.79. The Bertz CT molecular complexity index is 934. The molecule has 1 atom stereocenters. The van der Waals surface area contributed by atoms with Crippen molar-refractivity contribution in [1.82, 2.24) is 0 Å². The SMILES string of the molecule is CC1CC/C=C/CCC1.COc1cc2cc(C(=O)CCC(=O)O)sc2cc1OC.O=COCCSI. The molecular formula is C26H35IO7S2. The minimum absolute atomic E-state index is 0.0103. The molecule has 0 saturated heterocycles. The van der Waals surface area contributed by atoms with Crippen LogP contribution >= 0.6 is 41.5 Å². The summed E-state index contributed by atoms with van der Waals surface area (Å²) < 4.78 is 15.7. The molecule has 1 N–H and O–H groups in total. The van der Waals surface area contributed by atoms with Crippen LogP contribution in [0, 0.1) is 5.92 Å². The van der Waals surface area contributed by atoms with E-state index in [1.165, 1.54) is 43.4 Å². The van der Waals surface area contributed by atoms with Gasteiger partial charge in [0.25, 0.3) is 6.47 Å². The zero-order valence-corrected chi connectivity index (χ0v) is 24.8. The van der Waals surface area contributed by atoms with E-state index in [-0.39, 0.29) is 18.6 Å². The van der Waals surface area contributed by atoms with Crippen LogP contribution in [-0.4, -0.2) is 49.9 Å². The number of carboxylic acid groups (broad SMARTS) is 1. The Morgan fingerprint density at radius 1 is 1.11 bits per heavy atom. The third kappa shape index (κ3) is 13.0. The molecule has 0 bridgehead atoms. The van der Waals surface area contributed by atoms with Gasteiger partial charge in [0.15, 0.2) is 17.3 Å². The lowest BCUT2D eigenvalue weighted by molar-refractivity contribution is -0.137. The highest BCUT2D eigenvalue weighted by molar-refractivity contribution is 14.2. The van der Waals surface area contributed by atoms with Crippen molar-refractivity contribution in [3.05, 3.63) is 35.2 Å². The Kier molecular flexibility index (Phi) is 17.3. The number of hydrogen-bond donors (Lipinski definition) is 1. The number of thiophene rings is 1. The molecule has 1 unspecified atom stereocenters. The molecule has 1 aliphatic rings. The number of benzene rings is 1. The van der Waals surface area contributed by atoms with Crippen molar-refractivity contribution < 1.29 is 33.7 Å². The van der Waals surface area contributed by atoms with Crippen LogP contribution in [-0.2, 0) is 14.3 Å². The second-order valence-electron chi connectivity index (χ2n) is 8.04. The number of carbonyl (C=O) groups excluding carboxylic acids is 2. The molecule has 0 aliphatic heterocycles. The van der Waals surface area contributed by atoms with E-state index in [4.69, 9.17) is 14.6 Å². The maximum absolute atomic E-state index is 11.9. The van der Waals surface area contributed by atoms with Crippen molar-refractivity contribution in [2.75, 3.05) is 26.6 Å². The summed E-state index contributed by atoms with van der Waals surface area (Å²) >= 11 is 3.48. The maximum Gasteiger partial charge on any atom is 0.303 e. The summed E-state index contributed by atoms with van der Waals surface area (Å²) in [5.41, 5.74) is 0. The first-order chi connectivity index (χ1) is 17.4. The fourth-order valence-electron chi connectivity index (χ4n) is 3.32. The minimum atomic E-state index is -0.970. The topological polar surface area (TPSA) is 99.1 Å². The van der Waals surface area contributed by atoms with Gasteiger partial charge in [0.2, 0.25) is 0 Å². The quantitative estimate of drug-likeness (QED) is 0.0937. The van der Waals surface area contributed by atoms with Crippen molar-refractivity contribution in [3.8, 4) is 11.5 Å². The van der Waals surface area contributed by atoms with Crippen molar-refractivity contribution in [1.29, 1.82) is 0 Å². The van der Waals surface area contributed by atoms with Gasteiger partial charge in [-0.2, -0.15) is 0 Å². The van der Waals surface area contributed by atoms with Gasteiger partial charge >= 0.3 is 5.97 Å². The number of carbonyl (C=O) groups is 3. The van der Waals surface area contributed by atoms with E-state index in [0.717, 1.165) is 21.8 Å². The van der Waals surface area contributed by atoms with Crippen LogP contribution in [0.25, 0.3) is 10.1 Å². The predicted octanol–water partition coefficient (Wildman–Crippen LogP) is 7.35. The lowest BCUT2D eigenvalue weighted by Crippen LogP contribution is -2.01. The van der Waals surface area contributed by atoms with Crippen molar-refractivity contribution >= 4 is 69.8 Å². The van der Waals surface area contributed by atoms with E-state index in [2.05, 4.69) is 45.0 Å². The summed E-state index contributed by atoms with van der Waals surface area (Å²) in [7, 11) is 4.73. The van der Waals surface area contributed by atoms with E-state index >= 15 is 0 Å². The Morgan fingerprint density at radius 2 is 1.81 bits per heavy atom. The van der Waals surface area contributed by atoms with E-state index in [1.807, 2.05) is 6.07 Å². The number of hydrogen-bond acceptors (Lipinski definition) is 8. The third-order valence-electron chi connectivity index (χ3n) is 5.27. The smallest absolute Gasteiger partial charge is 0.303 e. The molecule has 3 rings (SSSR count). The maximum atomic E-state index is 11.9. The van der Waals surface area contributed by atoms with E-state index in [0.29, 0.717) is 29.5 Å². The number of allylic oxidation sites excluding steroid dienone is 2. The van der Waals surface area contributed by atoms with Gasteiger partial charge in [-0.1, -0.05) is 34.4 Å². The van der Waals surface area contributed by atoms with Crippen LogP contribution in [0.15, 0.2) is 30.4 Å². The monoisotopic (exact) mass is 650 g/mol. The molecule has 1 heterocycles. The molecule has 1 aromatic heterocycles. The Labute approximate surface area is 233 Å². The van der Waals surface area contributed by atoms with Gasteiger partial charge in [-0.3, -0.25) is 14.4 Å². The number of halogens is 1. The third-order valence-corrected chi connectivity index (χ3v) is 8.05. The molecule has 2 aromatic rings. The Morgan fingerprint density at radius 3 is 2.44 bits per heavy atom. The summed E-state index contributed by atoms with van der Waals surface area (Å²) in [6, 6.07) is 5.37. The predicted molar refractivity (Wildman–Crippen MR) is 156 cm³/mol. The zero-order valence-electron chi connectivity index (χ0n) is 21.0. The van der Waals surface area contributed by atoms with Crippen LogP contribution in [0.2, 0.25) is 0 Å². The van der Waals surface area contributed by atoms with Gasteiger partial charge in [-0.05, 0) is 70.3 Å². The van der Waals surface area contributed by atoms with Gasteiger partial charge in [-0.15, -0.1) is 11.3 Å². The van der Waals surface area contributed by atoms with Crippen LogP contribution < -0.4 is 9.47 Å². The average Bonchev–Trinajstić information content (AvgIpc) is 3.28. The molecule has 0 amide bonds. The van der Waals surface area contributed by atoms with Crippen molar-refractivity contribution in [2.24, 2.45) is 5.92 Å². The molecule has 7 nitrogen and oxygen atoms in total. The molecule has 0 spiro atoms. The van der Waals surface area contributed by atoms with E-state index in [1.54, 1.807) is 35.3 Å². The normalized spacial score (nSPS) is 15.6. The highest BCUT2D eigenvalue weighted by atomic mass is 127. The fourth-order valence-corrected chi connectivity index (χ4v) is 5.06.